The lowest BCUT2D eigenvalue weighted by Crippen LogP contribution is -2.77. The number of carbonyl (C=O) groups is 1. The Kier molecular flexibility index (Phi) is 4.66. The van der Waals surface area contributed by atoms with Gasteiger partial charge in [-0.15, -0.1) is 0 Å². The van der Waals surface area contributed by atoms with Crippen molar-refractivity contribution in [2.75, 3.05) is 0 Å². The Morgan fingerprint density at radius 2 is 2.14 bits per heavy atom. The molecule has 5 rings (SSSR count). The van der Waals surface area contributed by atoms with Crippen LogP contribution in [0, 0.1) is 5.92 Å². The molecule has 0 saturated carbocycles. The van der Waals surface area contributed by atoms with Gasteiger partial charge in [-0.05, 0) is 45.4 Å². The van der Waals surface area contributed by atoms with Crippen molar-refractivity contribution in [3.8, 4) is 0 Å². The van der Waals surface area contributed by atoms with Crippen molar-refractivity contribution in [1.82, 2.24) is 10.6 Å². The first-order valence-corrected chi connectivity index (χ1v) is 11.4. The van der Waals surface area contributed by atoms with E-state index in [0.29, 0.717) is 6.42 Å². The van der Waals surface area contributed by atoms with Gasteiger partial charge in [-0.2, -0.15) is 0 Å². The number of carboxylic acid groups (broad SMARTS) is 1. The van der Waals surface area contributed by atoms with Crippen LogP contribution in [0.4, 0.5) is 0 Å². The summed E-state index contributed by atoms with van der Waals surface area (Å²) in [6, 6.07) is 0.182. The summed E-state index contributed by atoms with van der Waals surface area (Å²) in [7, 11) is 0. The van der Waals surface area contributed by atoms with E-state index in [9.17, 15) is 9.90 Å². The first kappa shape index (κ1) is 19.4. The van der Waals surface area contributed by atoms with Crippen molar-refractivity contribution in [3.63, 3.8) is 0 Å². The van der Waals surface area contributed by atoms with Crippen LogP contribution in [0.3, 0.4) is 0 Å². The number of ether oxygens (including phenoxy) is 2. The number of guanidine groups is 1. The van der Waals surface area contributed by atoms with Gasteiger partial charge < -0.3 is 19.4 Å². The molecule has 5 aliphatic rings. The fourth-order valence-electron chi connectivity index (χ4n) is 6.40. The summed E-state index contributed by atoms with van der Waals surface area (Å²) in [4.78, 5) is 12.3. The molecule has 2 spiro atoms. The second-order valence-corrected chi connectivity index (χ2v) is 9.54. The molecule has 0 amide bonds. The van der Waals surface area contributed by atoms with Gasteiger partial charge in [-0.1, -0.05) is 19.1 Å². The van der Waals surface area contributed by atoms with Gasteiger partial charge in [0.25, 0.3) is 0 Å². The van der Waals surface area contributed by atoms with E-state index in [4.69, 9.17) is 9.47 Å². The minimum absolute atomic E-state index is 0.0304. The summed E-state index contributed by atoms with van der Waals surface area (Å²) >= 11 is 0. The zero-order chi connectivity index (χ0) is 20.2. The van der Waals surface area contributed by atoms with Gasteiger partial charge >= 0.3 is 5.96 Å². The maximum Gasteiger partial charge on any atom is 0.350 e. The molecule has 5 heterocycles. The van der Waals surface area contributed by atoms with Gasteiger partial charge in [-0.3, -0.25) is 4.58 Å². The third-order valence-corrected chi connectivity index (χ3v) is 7.60. The van der Waals surface area contributed by atoms with Crippen LogP contribution in [0.25, 0.3) is 0 Å². The second kappa shape index (κ2) is 6.98. The van der Waals surface area contributed by atoms with E-state index in [0.717, 1.165) is 57.3 Å². The molecule has 7 nitrogen and oxygen atoms in total. The topological polar surface area (TPSA) is 85.7 Å². The molecule has 2 saturated heterocycles. The Bertz CT molecular complexity index is 752. The minimum atomic E-state index is -1.00. The average Bonchev–Trinajstić information content (AvgIpc) is 2.96. The lowest BCUT2D eigenvalue weighted by atomic mass is 9.80. The molecule has 0 aromatic carbocycles. The largest absolute Gasteiger partial charge is 0.549 e. The van der Waals surface area contributed by atoms with Crippen LogP contribution in [0.15, 0.2) is 12.2 Å². The molecule has 2 N–H and O–H groups in total. The number of aliphatic carboxylic acids is 1. The summed E-state index contributed by atoms with van der Waals surface area (Å²) in [5.41, 5.74) is -1.32. The highest BCUT2D eigenvalue weighted by Gasteiger charge is 2.62. The molecule has 0 aromatic heterocycles. The van der Waals surface area contributed by atoms with Crippen LogP contribution in [0.5, 0.6) is 0 Å². The summed E-state index contributed by atoms with van der Waals surface area (Å²) in [6.07, 6.45) is 12.7. The molecule has 0 aromatic rings. The highest BCUT2D eigenvalue weighted by molar-refractivity contribution is 5.81. The standard InChI is InChI=1S/C22H33N3O4/c1-3-16-8-4-5-11-21(29-16)13-15-9-10-17-18(19(26)27)22(12-6-7-14(2)28-22)24-20(23-21)25(15)17/h4,8,14-18H,3,5-7,9-13H2,1-2H3,(H2,23,24,26,27)/t14-,15+,16+,17+,18-,21+,22-/m1/s1. The van der Waals surface area contributed by atoms with Crippen molar-refractivity contribution < 1.29 is 24.0 Å². The number of hydrogen-bond acceptors (Lipinski definition) is 6. The Balaban J connectivity index is 1.52. The van der Waals surface area contributed by atoms with Crippen LogP contribution >= 0.6 is 0 Å². The fraction of sp³-hybridized carbons (Fsp3) is 0.818. The van der Waals surface area contributed by atoms with Crippen molar-refractivity contribution in [2.45, 2.75) is 107 Å². The number of allylic oxidation sites excluding steroid dienone is 1. The molecular weight excluding hydrogens is 370 g/mol. The van der Waals surface area contributed by atoms with Crippen LogP contribution < -0.4 is 15.7 Å². The third kappa shape index (κ3) is 3.08. The van der Waals surface area contributed by atoms with Gasteiger partial charge in [0.1, 0.15) is 0 Å². The second-order valence-electron chi connectivity index (χ2n) is 9.54. The Hall–Kier alpha value is -1.60. The van der Waals surface area contributed by atoms with Crippen LogP contribution in [0.1, 0.15) is 71.6 Å². The Morgan fingerprint density at radius 1 is 1.28 bits per heavy atom. The van der Waals surface area contributed by atoms with Crippen LogP contribution in [-0.2, 0) is 14.3 Å². The molecule has 0 radical (unpaired) electrons. The number of rotatable bonds is 2. The number of nitrogens with zero attached hydrogens (tertiary/aromatic N) is 1. The predicted molar refractivity (Wildman–Crippen MR) is 105 cm³/mol. The van der Waals surface area contributed by atoms with Crippen molar-refractivity contribution in [2.24, 2.45) is 5.92 Å². The van der Waals surface area contributed by atoms with Crippen LogP contribution in [-0.4, -0.2) is 52.2 Å². The van der Waals surface area contributed by atoms with E-state index >= 15 is 0 Å². The molecule has 160 valence electrons. The van der Waals surface area contributed by atoms with Gasteiger partial charge in [0.2, 0.25) is 0 Å². The molecule has 7 heteroatoms. The SMILES string of the molecule is CC[C@H]1C=CCC[C@@]2(C[C@@H]3CC[C@H]4[C@H](C(=O)[O-])[C@]5(CCC[C@@H](C)O5)NC(=[N+]34)N2)O1. The summed E-state index contributed by atoms with van der Waals surface area (Å²) < 4.78 is 15.2. The van der Waals surface area contributed by atoms with Gasteiger partial charge in [0.15, 0.2) is 11.4 Å². The highest BCUT2D eigenvalue weighted by atomic mass is 16.5. The van der Waals surface area contributed by atoms with Crippen molar-refractivity contribution >= 4 is 11.9 Å². The van der Waals surface area contributed by atoms with E-state index in [1.165, 1.54) is 0 Å². The lowest BCUT2D eigenvalue weighted by molar-refractivity contribution is -0.610. The summed E-state index contributed by atoms with van der Waals surface area (Å²) in [5, 5.41) is 19.5. The highest BCUT2D eigenvalue weighted by Crippen LogP contribution is 2.45. The summed E-state index contributed by atoms with van der Waals surface area (Å²) in [5.74, 6) is -0.778. The average molecular weight is 404 g/mol. The van der Waals surface area contributed by atoms with Crippen molar-refractivity contribution in [3.05, 3.63) is 12.2 Å². The molecule has 29 heavy (non-hydrogen) atoms. The fourth-order valence-corrected chi connectivity index (χ4v) is 6.40. The summed E-state index contributed by atoms with van der Waals surface area (Å²) in [6.45, 7) is 4.18. The number of nitrogens with one attached hydrogen (secondary N) is 2. The monoisotopic (exact) mass is 403 g/mol. The van der Waals surface area contributed by atoms with Gasteiger partial charge in [-0.25, -0.2) is 10.6 Å². The Morgan fingerprint density at radius 3 is 2.90 bits per heavy atom. The van der Waals surface area contributed by atoms with E-state index in [-0.39, 0.29) is 24.3 Å². The maximum atomic E-state index is 12.3. The first-order chi connectivity index (χ1) is 14.0. The minimum Gasteiger partial charge on any atom is -0.549 e. The van der Waals surface area contributed by atoms with E-state index in [1.807, 2.05) is 6.92 Å². The number of carboxylic acids is 1. The molecule has 7 atom stereocenters. The molecule has 5 aliphatic heterocycles. The maximum absolute atomic E-state index is 12.3. The third-order valence-electron chi connectivity index (χ3n) is 7.60. The molecule has 0 unspecified atom stereocenters. The number of hydrogen-bond donors (Lipinski definition) is 2. The van der Waals surface area contributed by atoms with Crippen LogP contribution in [0.2, 0.25) is 0 Å². The molecule has 0 bridgehead atoms. The predicted octanol–water partition coefficient (Wildman–Crippen LogP) is 0.975. The number of carbonyl (C=O) groups excluding carboxylic acids is 1. The zero-order valence-corrected chi connectivity index (χ0v) is 17.5. The smallest absolute Gasteiger partial charge is 0.350 e. The van der Waals surface area contributed by atoms with Gasteiger partial charge in [0.05, 0.1) is 36.2 Å². The Labute approximate surface area is 172 Å². The quantitative estimate of drug-likeness (QED) is 0.528. The molecular formula is C22H33N3O4. The zero-order valence-electron chi connectivity index (χ0n) is 17.5. The molecule has 2 fully saturated rings. The van der Waals surface area contributed by atoms with E-state index < -0.39 is 23.3 Å². The van der Waals surface area contributed by atoms with Gasteiger partial charge in [0, 0.05) is 19.3 Å². The molecule has 0 aliphatic carbocycles. The normalized spacial score (nSPS) is 46.2. The first-order valence-electron chi connectivity index (χ1n) is 11.4. The van der Waals surface area contributed by atoms with E-state index in [2.05, 4.69) is 34.3 Å². The van der Waals surface area contributed by atoms with E-state index in [1.54, 1.807) is 0 Å². The lowest BCUT2D eigenvalue weighted by Gasteiger charge is -2.51. The van der Waals surface area contributed by atoms with Crippen molar-refractivity contribution in [1.29, 1.82) is 0 Å².